The van der Waals surface area contributed by atoms with Gasteiger partial charge >= 0.3 is 0 Å². The highest BCUT2D eigenvalue weighted by Crippen LogP contribution is 2.38. The third-order valence-corrected chi connectivity index (χ3v) is 6.81. The number of hydrogen-bond donors (Lipinski definition) is 2. The van der Waals surface area contributed by atoms with Gasteiger partial charge in [0.2, 0.25) is 11.8 Å². The van der Waals surface area contributed by atoms with Crippen molar-refractivity contribution >= 4 is 17.9 Å². The monoisotopic (exact) mass is 581 g/mol. The first kappa shape index (κ1) is 30.0. The fourth-order valence-corrected chi connectivity index (χ4v) is 4.69. The Morgan fingerprint density at radius 3 is 2.27 bits per heavy atom. The van der Waals surface area contributed by atoms with Crippen molar-refractivity contribution in [2.24, 2.45) is 0 Å². The van der Waals surface area contributed by atoms with E-state index in [9.17, 15) is 5.11 Å². The van der Waals surface area contributed by atoms with Gasteiger partial charge in [-0.05, 0) is 63.4 Å². The summed E-state index contributed by atoms with van der Waals surface area (Å²) in [7, 11) is 4.80. The molecule has 0 aliphatic heterocycles. The Morgan fingerprint density at radius 1 is 1.00 bits per heavy atom. The number of pyridine rings is 1. The Bertz CT molecular complexity index is 1420. The minimum Gasteiger partial charge on any atom is -0.494 e. The van der Waals surface area contributed by atoms with Gasteiger partial charge in [0, 0.05) is 25.6 Å². The van der Waals surface area contributed by atoms with E-state index < -0.39 is 5.60 Å². The van der Waals surface area contributed by atoms with Gasteiger partial charge in [-0.1, -0.05) is 12.1 Å². The number of nitrogens with one attached hydrogen (secondary N) is 1. The lowest BCUT2D eigenvalue weighted by molar-refractivity contribution is 0.0269. The number of methoxy groups -OCH3 is 3. The fourth-order valence-electron chi connectivity index (χ4n) is 3.91. The SMILES string of the molecule is COc1cccc(OC)c1-n1c(NSC(C)C(OC)c2ncc(C)cn2)nnc1-c1cccc(OCC(C)(C)O)n1. The minimum atomic E-state index is -1.02. The third kappa shape index (κ3) is 7.23. The summed E-state index contributed by atoms with van der Waals surface area (Å²) < 4.78 is 28.0. The highest BCUT2D eigenvalue weighted by molar-refractivity contribution is 8.01. The van der Waals surface area contributed by atoms with Crippen LogP contribution in [-0.2, 0) is 4.74 Å². The summed E-state index contributed by atoms with van der Waals surface area (Å²) in [5.74, 6) is 2.84. The maximum atomic E-state index is 10.1. The Morgan fingerprint density at radius 2 is 1.66 bits per heavy atom. The van der Waals surface area contributed by atoms with Gasteiger partial charge in [-0.3, -0.25) is 9.29 Å². The molecule has 13 heteroatoms. The number of para-hydroxylation sites is 1. The topological polar surface area (TPSA) is 139 Å². The van der Waals surface area contributed by atoms with Crippen LogP contribution in [0.2, 0.25) is 0 Å². The summed E-state index contributed by atoms with van der Waals surface area (Å²) in [6, 6.07) is 10.8. The highest BCUT2D eigenvalue weighted by atomic mass is 32.2. The van der Waals surface area contributed by atoms with E-state index >= 15 is 0 Å². The van der Waals surface area contributed by atoms with Gasteiger partial charge in [-0.2, -0.15) is 0 Å². The van der Waals surface area contributed by atoms with Crippen LogP contribution in [-0.4, -0.2) is 73.6 Å². The number of aromatic nitrogens is 6. The maximum Gasteiger partial charge on any atom is 0.239 e. The third-order valence-electron chi connectivity index (χ3n) is 5.89. The molecule has 1 aromatic carbocycles. The van der Waals surface area contributed by atoms with Crippen LogP contribution in [0.1, 0.15) is 38.3 Å². The smallest absolute Gasteiger partial charge is 0.239 e. The number of aryl methyl sites for hydroxylation is 1. The average molecular weight is 582 g/mol. The number of benzene rings is 1. The van der Waals surface area contributed by atoms with Crippen molar-refractivity contribution in [3.05, 3.63) is 60.2 Å². The van der Waals surface area contributed by atoms with Gasteiger partial charge in [0.25, 0.3) is 0 Å². The summed E-state index contributed by atoms with van der Waals surface area (Å²) in [5, 5.41) is 18.9. The van der Waals surface area contributed by atoms with Crippen LogP contribution in [0.15, 0.2) is 48.8 Å². The molecule has 0 spiro atoms. The molecule has 218 valence electrons. The molecule has 2 N–H and O–H groups in total. The lowest BCUT2D eigenvalue weighted by Crippen LogP contribution is -2.28. The van der Waals surface area contributed by atoms with Crippen LogP contribution >= 0.6 is 11.9 Å². The van der Waals surface area contributed by atoms with E-state index in [1.807, 2.05) is 32.0 Å². The molecular formula is C28H35N7O5S. The molecule has 0 amide bonds. The van der Waals surface area contributed by atoms with E-state index in [0.29, 0.717) is 46.4 Å². The van der Waals surface area contributed by atoms with E-state index in [1.54, 1.807) is 70.3 Å². The van der Waals surface area contributed by atoms with Gasteiger partial charge in [0.1, 0.15) is 35.6 Å². The first-order chi connectivity index (χ1) is 19.6. The Labute approximate surface area is 243 Å². The molecule has 2 unspecified atom stereocenters. The van der Waals surface area contributed by atoms with Crippen LogP contribution in [0.25, 0.3) is 17.2 Å². The van der Waals surface area contributed by atoms with Crippen LogP contribution in [0.4, 0.5) is 5.95 Å². The molecule has 2 atom stereocenters. The van der Waals surface area contributed by atoms with Crippen molar-refractivity contribution in [3.63, 3.8) is 0 Å². The average Bonchev–Trinajstić information content (AvgIpc) is 3.39. The van der Waals surface area contributed by atoms with Crippen LogP contribution < -0.4 is 18.9 Å². The van der Waals surface area contributed by atoms with Gasteiger partial charge in [0.05, 0.1) is 25.1 Å². The van der Waals surface area contributed by atoms with Gasteiger partial charge in [0.15, 0.2) is 11.6 Å². The molecule has 3 aromatic heterocycles. The van der Waals surface area contributed by atoms with Crippen molar-refractivity contribution in [1.29, 1.82) is 0 Å². The number of anilines is 1. The lowest BCUT2D eigenvalue weighted by Gasteiger charge is -2.22. The molecule has 0 fully saturated rings. The van der Waals surface area contributed by atoms with Gasteiger partial charge < -0.3 is 24.1 Å². The van der Waals surface area contributed by atoms with Crippen LogP contribution in [0.5, 0.6) is 17.4 Å². The second-order valence-corrected chi connectivity index (χ2v) is 11.0. The number of ether oxygens (including phenoxy) is 4. The molecule has 0 aliphatic rings. The van der Waals surface area contributed by atoms with E-state index in [4.69, 9.17) is 18.9 Å². The van der Waals surface area contributed by atoms with Crippen molar-refractivity contribution in [2.45, 2.75) is 44.6 Å². The number of hydrogen-bond acceptors (Lipinski definition) is 12. The number of aliphatic hydroxyl groups is 1. The molecule has 4 aromatic rings. The van der Waals surface area contributed by atoms with Crippen LogP contribution in [0.3, 0.4) is 0 Å². The summed E-state index contributed by atoms with van der Waals surface area (Å²) >= 11 is 1.39. The molecule has 41 heavy (non-hydrogen) atoms. The van der Waals surface area contributed by atoms with Crippen molar-refractivity contribution in [1.82, 2.24) is 29.7 Å². The van der Waals surface area contributed by atoms with E-state index in [2.05, 4.69) is 29.9 Å². The zero-order chi connectivity index (χ0) is 29.6. The molecule has 0 saturated heterocycles. The number of rotatable bonds is 13. The van der Waals surface area contributed by atoms with Crippen molar-refractivity contribution < 1.29 is 24.1 Å². The van der Waals surface area contributed by atoms with Crippen molar-refractivity contribution in [3.8, 4) is 34.6 Å². The predicted molar refractivity (Wildman–Crippen MR) is 157 cm³/mol. The molecule has 0 bridgehead atoms. The van der Waals surface area contributed by atoms with Gasteiger partial charge in [-0.15, -0.1) is 10.2 Å². The predicted octanol–water partition coefficient (Wildman–Crippen LogP) is 4.43. The molecule has 0 radical (unpaired) electrons. The quantitative estimate of drug-likeness (QED) is 0.216. The molecule has 0 saturated carbocycles. The summed E-state index contributed by atoms with van der Waals surface area (Å²) in [5.41, 5.74) is 1.03. The standard InChI is InChI=1S/C28H35N7O5S/c1-17-14-29-25(30-15-17)24(39-7)18(2)41-34-27-33-32-26(19-10-8-13-22(31-19)40-16-28(3,4)36)35(27)23-20(37-5)11-9-12-21(23)38-6/h8-15,18,24,36H,16H2,1-7H3,(H,33,34). The van der Waals surface area contributed by atoms with E-state index in [0.717, 1.165) is 5.56 Å². The fraction of sp³-hybridized carbons (Fsp3) is 0.393. The second kappa shape index (κ2) is 13.1. The number of nitrogens with zero attached hydrogens (tertiary/aromatic N) is 6. The van der Waals surface area contributed by atoms with Gasteiger partial charge in [-0.25, -0.2) is 15.0 Å². The molecule has 12 nitrogen and oxygen atoms in total. The maximum absolute atomic E-state index is 10.1. The zero-order valence-corrected chi connectivity index (χ0v) is 25.0. The summed E-state index contributed by atoms with van der Waals surface area (Å²) in [4.78, 5) is 13.5. The Hall–Kier alpha value is -3.94. The lowest BCUT2D eigenvalue weighted by atomic mass is 10.2. The van der Waals surface area contributed by atoms with E-state index in [-0.39, 0.29) is 18.0 Å². The molecule has 3 heterocycles. The normalized spacial score (nSPS) is 13.0. The summed E-state index contributed by atoms with van der Waals surface area (Å²) in [6.07, 6.45) is 3.15. The zero-order valence-electron chi connectivity index (χ0n) is 24.2. The molecule has 4 rings (SSSR count). The highest BCUT2D eigenvalue weighted by Gasteiger charge is 2.27. The Kier molecular flexibility index (Phi) is 9.63. The van der Waals surface area contributed by atoms with E-state index in [1.165, 1.54) is 11.9 Å². The van der Waals surface area contributed by atoms with Crippen LogP contribution in [0, 0.1) is 6.92 Å². The van der Waals surface area contributed by atoms with Crippen molar-refractivity contribution in [2.75, 3.05) is 32.7 Å². The molecular weight excluding hydrogens is 546 g/mol. The summed E-state index contributed by atoms with van der Waals surface area (Å²) in [6.45, 7) is 7.34. The minimum absolute atomic E-state index is 0.0726. The second-order valence-electron chi connectivity index (χ2n) is 9.86. The first-order valence-corrected chi connectivity index (χ1v) is 13.8. The molecule has 0 aliphatic carbocycles. The largest absolute Gasteiger partial charge is 0.494 e. The first-order valence-electron chi connectivity index (χ1n) is 12.9. The Balaban J connectivity index is 1.73.